The molecule has 1 rings (SSSR count). The number of hydrogen-bond donors (Lipinski definition) is 0. The average molecular weight is 204 g/mol. The number of benzene rings is 1. The Morgan fingerprint density at radius 1 is 1.33 bits per heavy atom. The van der Waals surface area contributed by atoms with Crippen molar-refractivity contribution in [3.05, 3.63) is 36.2 Å². The molecule has 0 saturated heterocycles. The fourth-order valence-corrected chi connectivity index (χ4v) is 1.78. The fourth-order valence-electron chi connectivity index (χ4n) is 1.78. The van der Waals surface area contributed by atoms with Gasteiger partial charge in [-0.3, -0.25) is 0 Å². The smallest absolute Gasteiger partial charge is 0.0393 e. The Kier molecular flexibility index (Phi) is 4.19. The third-order valence-corrected chi connectivity index (χ3v) is 3.04. The molecule has 0 aliphatic rings. The molecule has 0 fully saturated rings. The summed E-state index contributed by atoms with van der Waals surface area (Å²) in [5, 5.41) is 0. The second-order valence-electron chi connectivity index (χ2n) is 4.34. The molecule has 0 N–H and O–H groups in total. The molecule has 83 valence electrons. The fraction of sp³-hybridized carbons (Fsp3) is 0.500. The van der Waals surface area contributed by atoms with Gasteiger partial charge in [0.25, 0.3) is 0 Å². The summed E-state index contributed by atoms with van der Waals surface area (Å²) in [6, 6.07) is 6.75. The molecular weight excluding hydrogens is 182 g/mol. The monoisotopic (exact) mass is 204 g/mol. The highest BCUT2D eigenvalue weighted by atomic mass is 15.1. The zero-order valence-corrected chi connectivity index (χ0v) is 10.4. The molecule has 1 radical (unpaired) electrons. The van der Waals surface area contributed by atoms with Crippen molar-refractivity contribution in [2.24, 2.45) is 0 Å². The second-order valence-corrected chi connectivity index (χ2v) is 4.34. The predicted octanol–water partition coefficient (Wildman–Crippen LogP) is 3.64. The minimum atomic E-state index is 0.645. The lowest BCUT2D eigenvalue weighted by atomic mass is 9.95. The lowest BCUT2D eigenvalue weighted by molar-refractivity contribution is 0.732. The van der Waals surface area contributed by atoms with Crippen molar-refractivity contribution < 1.29 is 0 Å². The van der Waals surface area contributed by atoms with Gasteiger partial charge in [-0.15, -0.1) is 0 Å². The summed E-state index contributed by atoms with van der Waals surface area (Å²) >= 11 is 0. The Morgan fingerprint density at radius 2 is 2.00 bits per heavy atom. The molecule has 0 bridgehead atoms. The van der Waals surface area contributed by atoms with E-state index in [1.54, 1.807) is 0 Å². The molecule has 1 nitrogen and oxygen atoms in total. The van der Waals surface area contributed by atoms with Crippen molar-refractivity contribution in [2.45, 2.75) is 32.6 Å². The molecule has 0 spiro atoms. The predicted molar refractivity (Wildman–Crippen MR) is 68.5 cm³/mol. The largest absolute Gasteiger partial charge is 0.377 e. The van der Waals surface area contributed by atoms with Gasteiger partial charge in [0.2, 0.25) is 0 Å². The van der Waals surface area contributed by atoms with Crippen LogP contribution in [-0.4, -0.2) is 14.1 Å². The zero-order valence-electron chi connectivity index (χ0n) is 10.4. The average Bonchev–Trinajstić information content (AvgIpc) is 2.26. The summed E-state index contributed by atoms with van der Waals surface area (Å²) in [7, 11) is 4.16. The van der Waals surface area contributed by atoms with Crippen LogP contribution in [0.3, 0.4) is 0 Å². The van der Waals surface area contributed by atoms with Gasteiger partial charge in [-0.25, -0.2) is 0 Å². The molecule has 0 amide bonds. The van der Waals surface area contributed by atoms with E-state index in [4.69, 9.17) is 0 Å². The second kappa shape index (κ2) is 5.20. The van der Waals surface area contributed by atoms with Gasteiger partial charge in [0, 0.05) is 19.8 Å². The molecule has 0 aliphatic carbocycles. The number of nitrogens with zero attached hydrogens (tertiary/aromatic N) is 1. The quantitative estimate of drug-likeness (QED) is 0.723. The van der Waals surface area contributed by atoms with E-state index in [-0.39, 0.29) is 0 Å². The van der Waals surface area contributed by atoms with Crippen LogP contribution in [0.4, 0.5) is 5.69 Å². The van der Waals surface area contributed by atoms with Crippen LogP contribution < -0.4 is 4.90 Å². The van der Waals surface area contributed by atoms with Crippen LogP contribution in [0, 0.1) is 6.92 Å². The van der Waals surface area contributed by atoms with Crippen LogP contribution in [0.5, 0.6) is 0 Å². The maximum atomic E-state index is 4.00. The third-order valence-electron chi connectivity index (χ3n) is 3.04. The Bertz CT molecular complexity index is 315. The Labute approximate surface area is 94.1 Å². The van der Waals surface area contributed by atoms with Gasteiger partial charge in [0.1, 0.15) is 0 Å². The highest BCUT2D eigenvalue weighted by Gasteiger charge is 2.07. The maximum absolute atomic E-state index is 4.00. The van der Waals surface area contributed by atoms with E-state index in [9.17, 15) is 0 Å². The summed E-state index contributed by atoms with van der Waals surface area (Å²) in [6.45, 7) is 8.50. The SMILES string of the molecule is [CH2]Cc1cc(C(C)CC)ccc1N(C)C. The van der Waals surface area contributed by atoms with Gasteiger partial charge in [-0.05, 0) is 42.9 Å². The van der Waals surface area contributed by atoms with Gasteiger partial charge >= 0.3 is 0 Å². The van der Waals surface area contributed by atoms with E-state index < -0.39 is 0 Å². The number of rotatable bonds is 4. The number of hydrogen-bond acceptors (Lipinski definition) is 1. The lowest BCUT2D eigenvalue weighted by Crippen LogP contribution is -2.11. The molecule has 1 unspecified atom stereocenters. The molecule has 1 aromatic rings. The van der Waals surface area contributed by atoms with Gasteiger partial charge in [-0.1, -0.05) is 26.0 Å². The van der Waals surface area contributed by atoms with E-state index in [1.807, 2.05) is 0 Å². The maximum Gasteiger partial charge on any atom is 0.0393 e. The first kappa shape index (κ1) is 12.1. The highest BCUT2D eigenvalue weighted by Crippen LogP contribution is 2.26. The van der Waals surface area contributed by atoms with Crippen molar-refractivity contribution in [1.82, 2.24) is 0 Å². The Morgan fingerprint density at radius 3 is 2.47 bits per heavy atom. The Balaban J connectivity index is 3.07. The molecular formula is C14H22N. The van der Waals surface area contributed by atoms with E-state index >= 15 is 0 Å². The lowest BCUT2D eigenvalue weighted by Gasteiger charge is -2.19. The van der Waals surface area contributed by atoms with Crippen LogP contribution in [0.1, 0.15) is 37.3 Å². The van der Waals surface area contributed by atoms with Crippen LogP contribution in [0.25, 0.3) is 0 Å². The van der Waals surface area contributed by atoms with Gasteiger partial charge in [0.05, 0.1) is 0 Å². The first-order chi connectivity index (χ1) is 7.10. The molecule has 15 heavy (non-hydrogen) atoms. The molecule has 1 atom stereocenters. The number of anilines is 1. The van der Waals surface area contributed by atoms with E-state index in [0.717, 1.165) is 6.42 Å². The molecule has 0 aromatic heterocycles. The summed E-state index contributed by atoms with van der Waals surface area (Å²) in [6.07, 6.45) is 2.05. The van der Waals surface area contributed by atoms with Crippen molar-refractivity contribution in [3.63, 3.8) is 0 Å². The molecule has 1 aromatic carbocycles. The van der Waals surface area contributed by atoms with Crippen molar-refractivity contribution in [1.29, 1.82) is 0 Å². The molecule has 0 aliphatic heterocycles. The van der Waals surface area contributed by atoms with Crippen molar-refractivity contribution in [3.8, 4) is 0 Å². The van der Waals surface area contributed by atoms with Gasteiger partial charge < -0.3 is 4.90 Å². The topological polar surface area (TPSA) is 3.24 Å². The summed E-state index contributed by atoms with van der Waals surface area (Å²) in [5.41, 5.74) is 4.07. The van der Waals surface area contributed by atoms with Crippen LogP contribution in [0.2, 0.25) is 0 Å². The van der Waals surface area contributed by atoms with Crippen LogP contribution in [0.15, 0.2) is 18.2 Å². The van der Waals surface area contributed by atoms with E-state index in [2.05, 4.69) is 58.0 Å². The molecule has 0 heterocycles. The normalized spacial score (nSPS) is 12.6. The van der Waals surface area contributed by atoms with Crippen LogP contribution in [-0.2, 0) is 6.42 Å². The minimum Gasteiger partial charge on any atom is -0.377 e. The summed E-state index contributed by atoms with van der Waals surface area (Å²) in [4.78, 5) is 2.15. The van der Waals surface area contributed by atoms with Crippen LogP contribution >= 0.6 is 0 Å². The summed E-state index contributed by atoms with van der Waals surface area (Å²) < 4.78 is 0. The highest BCUT2D eigenvalue weighted by molar-refractivity contribution is 5.54. The first-order valence-electron chi connectivity index (χ1n) is 5.69. The standard InChI is InChI=1S/C14H22N/c1-6-11(3)13-8-9-14(15(4)5)12(7-2)10-13/h8-11H,2,6-7H2,1,3-5H3. The van der Waals surface area contributed by atoms with Crippen molar-refractivity contribution in [2.75, 3.05) is 19.0 Å². The first-order valence-corrected chi connectivity index (χ1v) is 5.69. The molecule has 0 saturated carbocycles. The molecule has 1 heteroatoms. The van der Waals surface area contributed by atoms with Gasteiger partial charge in [-0.2, -0.15) is 0 Å². The van der Waals surface area contributed by atoms with E-state index in [0.29, 0.717) is 5.92 Å². The Hall–Kier alpha value is -0.980. The van der Waals surface area contributed by atoms with Crippen molar-refractivity contribution >= 4 is 5.69 Å². The van der Waals surface area contributed by atoms with Gasteiger partial charge in [0.15, 0.2) is 0 Å². The minimum absolute atomic E-state index is 0.645. The summed E-state index contributed by atoms with van der Waals surface area (Å²) in [5.74, 6) is 0.645. The third kappa shape index (κ3) is 2.74. The van der Waals surface area contributed by atoms with E-state index in [1.165, 1.54) is 23.2 Å². The zero-order chi connectivity index (χ0) is 11.4.